The predicted molar refractivity (Wildman–Crippen MR) is 78.3 cm³/mol. The first kappa shape index (κ1) is 13.7. The summed E-state index contributed by atoms with van der Waals surface area (Å²) in [6.45, 7) is 6.98. The molecule has 1 aliphatic rings. The van der Waals surface area contributed by atoms with Gasteiger partial charge in [0.2, 0.25) is 0 Å². The van der Waals surface area contributed by atoms with Crippen molar-refractivity contribution in [3.8, 4) is 0 Å². The maximum absolute atomic E-state index is 5.85. The fraction of sp³-hybridized carbons (Fsp3) is 0.667. The lowest BCUT2D eigenvalue weighted by atomic mass is 9.74. The molecule has 100 valence electrons. The van der Waals surface area contributed by atoms with Crippen molar-refractivity contribution in [1.29, 1.82) is 0 Å². The molecule has 1 aliphatic heterocycles. The van der Waals surface area contributed by atoms with Crippen molar-refractivity contribution in [2.45, 2.75) is 45.4 Å². The molecule has 2 rings (SSSR count). The van der Waals surface area contributed by atoms with E-state index in [1.807, 2.05) is 6.20 Å². The van der Waals surface area contributed by atoms with Gasteiger partial charge in [-0.3, -0.25) is 4.98 Å². The van der Waals surface area contributed by atoms with Crippen molar-refractivity contribution in [3.05, 3.63) is 24.0 Å². The molecule has 2 heterocycles. The number of nitrogens with zero attached hydrogens (tertiary/aromatic N) is 2. The SMILES string of the molecule is CCC1(CC)CCN(c2ccnc(CCl)c2)CC1. The van der Waals surface area contributed by atoms with E-state index < -0.39 is 0 Å². The highest BCUT2D eigenvalue weighted by atomic mass is 35.5. The van der Waals surface area contributed by atoms with E-state index in [2.05, 4.69) is 35.9 Å². The topological polar surface area (TPSA) is 16.1 Å². The molecule has 0 aromatic carbocycles. The van der Waals surface area contributed by atoms with Crippen molar-refractivity contribution in [1.82, 2.24) is 4.98 Å². The van der Waals surface area contributed by atoms with Crippen LogP contribution < -0.4 is 4.90 Å². The summed E-state index contributed by atoms with van der Waals surface area (Å²) in [5, 5.41) is 0. The van der Waals surface area contributed by atoms with E-state index >= 15 is 0 Å². The van der Waals surface area contributed by atoms with Crippen molar-refractivity contribution in [2.24, 2.45) is 5.41 Å². The van der Waals surface area contributed by atoms with Crippen LogP contribution in [0.2, 0.25) is 0 Å². The molecule has 0 N–H and O–H groups in total. The van der Waals surface area contributed by atoms with Crippen molar-refractivity contribution in [2.75, 3.05) is 18.0 Å². The van der Waals surface area contributed by atoms with Gasteiger partial charge in [-0.05, 0) is 30.4 Å². The third kappa shape index (κ3) is 2.80. The van der Waals surface area contributed by atoms with Gasteiger partial charge in [-0.1, -0.05) is 26.7 Å². The van der Waals surface area contributed by atoms with Crippen molar-refractivity contribution >= 4 is 17.3 Å². The number of halogens is 1. The molecule has 2 nitrogen and oxygen atoms in total. The van der Waals surface area contributed by atoms with Crippen LogP contribution in [0.1, 0.15) is 45.2 Å². The largest absolute Gasteiger partial charge is 0.371 e. The Balaban J connectivity index is 2.04. The van der Waals surface area contributed by atoms with Crippen molar-refractivity contribution < 1.29 is 0 Å². The normalized spacial score (nSPS) is 18.9. The number of pyridine rings is 1. The van der Waals surface area contributed by atoms with Gasteiger partial charge in [0.15, 0.2) is 0 Å². The Kier molecular flexibility index (Phi) is 4.50. The second kappa shape index (κ2) is 5.92. The van der Waals surface area contributed by atoms with Crippen LogP contribution in [-0.4, -0.2) is 18.1 Å². The second-order valence-corrected chi connectivity index (χ2v) is 5.60. The molecular weight excluding hydrogens is 244 g/mol. The number of hydrogen-bond donors (Lipinski definition) is 0. The van der Waals surface area contributed by atoms with Gasteiger partial charge >= 0.3 is 0 Å². The smallest absolute Gasteiger partial charge is 0.0648 e. The molecule has 18 heavy (non-hydrogen) atoms. The molecular formula is C15H23ClN2. The fourth-order valence-corrected chi connectivity index (χ4v) is 3.08. The highest BCUT2D eigenvalue weighted by molar-refractivity contribution is 6.16. The van der Waals surface area contributed by atoms with Crippen LogP contribution in [0.15, 0.2) is 18.3 Å². The van der Waals surface area contributed by atoms with Gasteiger partial charge in [-0.15, -0.1) is 11.6 Å². The molecule has 3 heteroatoms. The lowest BCUT2D eigenvalue weighted by Crippen LogP contribution is -2.39. The van der Waals surface area contributed by atoms with Gasteiger partial charge in [0.05, 0.1) is 11.6 Å². The summed E-state index contributed by atoms with van der Waals surface area (Å²) in [7, 11) is 0. The van der Waals surface area contributed by atoms with Gasteiger partial charge in [0, 0.05) is 25.0 Å². The highest BCUT2D eigenvalue weighted by Crippen LogP contribution is 2.39. The third-order valence-corrected chi connectivity index (χ3v) is 4.90. The first-order valence-corrected chi connectivity index (χ1v) is 7.52. The van der Waals surface area contributed by atoms with E-state index in [-0.39, 0.29) is 0 Å². The van der Waals surface area contributed by atoms with E-state index in [1.54, 1.807) is 0 Å². The van der Waals surface area contributed by atoms with Crippen LogP contribution >= 0.6 is 11.6 Å². The minimum Gasteiger partial charge on any atom is -0.371 e. The lowest BCUT2D eigenvalue weighted by Gasteiger charge is -2.42. The van der Waals surface area contributed by atoms with E-state index in [0.29, 0.717) is 11.3 Å². The van der Waals surface area contributed by atoms with Crippen LogP contribution in [0, 0.1) is 5.41 Å². The highest BCUT2D eigenvalue weighted by Gasteiger charge is 2.31. The summed E-state index contributed by atoms with van der Waals surface area (Å²) in [4.78, 5) is 6.73. The first-order valence-electron chi connectivity index (χ1n) is 6.99. The number of alkyl halides is 1. The van der Waals surface area contributed by atoms with Crippen LogP contribution in [0.3, 0.4) is 0 Å². The molecule has 1 aromatic heterocycles. The van der Waals surface area contributed by atoms with E-state index in [1.165, 1.54) is 31.4 Å². The monoisotopic (exact) mass is 266 g/mol. The van der Waals surface area contributed by atoms with Crippen LogP contribution in [0.4, 0.5) is 5.69 Å². The lowest BCUT2D eigenvalue weighted by molar-refractivity contribution is 0.199. The maximum Gasteiger partial charge on any atom is 0.0648 e. The Hall–Kier alpha value is -0.760. The van der Waals surface area contributed by atoms with Gasteiger partial charge < -0.3 is 4.90 Å². The number of hydrogen-bond acceptors (Lipinski definition) is 2. The molecule has 0 spiro atoms. The second-order valence-electron chi connectivity index (χ2n) is 5.33. The third-order valence-electron chi connectivity index (χ3n) is 4.63. The average molecular weight is 267 g/mol. The zero-order valence-corrected chi connectivity index (χ0v) is 12.2. The van der Waals surface area contributed by atoms with Crippen molar-refractivity contribution in [3.63, 3.8) is 0 Å². The summed E-state index contributed by atoms with van der Waals surface area (Å²) in [5.74, 6) is 0.496. The van der Waals surface area contributed by atoms with Crippen LogP contribution in [0.25, 0.3) is 0 Å². The molecule has 0 bridgehead atoms. The minimum absolute atomic E-state index is 0.496. The standard InChI is InChI=1S/C15H23ClN2/c1-3-15(4-2)6-9-18(10-7-15)14-5-8-17-13(11-14)12-16/h5,8,11H,3-4,6-7,9-10,12H2,1-2H3. The van der Waals surface area contributed by atoms with E-state index in [9.17, 15) is 0 Å². The Morgan fingerprint density at radius 1 is 1.28 bits per heavy atom. The molecule has 0 atom stereocenters. The number of rotatable bonds is 4. The quantitative estimate of drug-likeness (QED) is 0.759. The Morgan fingerprint density at radius 2 is 1.94 bits per heavy atom. The molecule has 1 saturated heterocycles. The summed E-state index contributed by atoms with van der Waals surface area (Å²) in [6, 6.07) is 4.22. The van der Waals surface area contributed by atoms with E-state index in [4.69, 9.17) is 11.6 Å². The van der Waals surface area contributed by atoms with Gasteiger partial charge in [0.1, 0.15) is 0 Å². The van der Waals surface area contributed by atoms with Gasteiger partial charge in [-0.2, -0.15) is 0 Å². The molecule has 0 saturated carbocycles. The molecule has 0 unspecified atom stereocenters. The minimum atomic E-state index is 0.496. The average Bonchev–Trinajstić information content (AvgIpc) is 2.47. The molecule has 0 aliphatic carbocycles. The Labute approximate surface area is 115 Å². The molecule has 1 fully saturated rings. The number of anilines is 1. The molecule has 0 radical (unpaired) electrons. The molecule has 1 aromatic rings. The van der Waals surface area contributed by atoms with Gasteiger partial charge in [0.25, 0.3) is 0 Å². The zero-order chi connectivity index (χ0) is 13.0. The summed E-state index contributed by atoms with van der Waals surface area (Å²) < 4.78 is 0. The molecule has 0 amide bonds. The Morgan fingerprint density at radius 3 is 2.50 bits per heavy atom. The summed E-state index contributed by atoms with van der Waals surface area (Å²) >= 11 is 5.85. The number of aromatic nitrogens is 1. The number of piperidine rings is 1. The predicted octanol–water partition coefficient (Wildman–Crippen LogP) is 4.23. The summed E-state index contributed by atoms with van der Waals surface area (Å²) in [6.07, 6.45) is 7.09. The van der Waals surface area contributed by atoms with Crippen LogP contribution in [-0.2, 0) is 5.88 Å². The van der Waals surface area contributed by atoms with Crippen LogP contribution in [0.5, 0.6) is 0 Å². The summed E-state index contributed by atoms with van der Waals surface area (Å²) in [5.41, 5.74) is 2.83. The van der Waals surface area contributed by atoms with E-state index in [0.717, 1.165) is 18.8 Å². The van der Waals surface area contributed by atoms with Gasteiger partial charge in [-0.25, -0.2) is 0 Å². The maximum atomic E-state index is 5.85. The fourth-order valence-electron chi connectivity index (χ4n) is 2.93. The first-order chi connectivity index (χ1) is 8.73. The zero-order valence-electron chi connectivity index (χ0n) is 11.5. The Bertz CT molecular complexity index is 378.